The molecule has 1 heterocycles. The highest BCUT2D eigenvalue weighted by atomic mass is 16.1. The van der Waals surface area contributed by atoms with Crippen molar-refractivity contribution in [2.24, 2.45) is 0 Å². The molecule has 0 unspecified atom stereocenters. The van der Waals surface area contributed by atoms with Gasteiger partial charge in [-0.15, -0.1) is 0 Å². The van der Waals surface area contributed by atoms with Crippen molar-refractivity contribution in [1.29, 1.82) is 0 Å². The van der Waals surface area contributed by atoms with E-state index in [1.54, 1.807) is 12.4 Å². The van der Waals surface area contributed by atoms with Gasteiger partial charge in [-0.3, -0.25) is 9.78 Å². The fourth-order valence-electron chi connectivity index (χ4n) is 3.82. The van der Waals surface area contributed by atoms with Crippen LogP contribution in [-0.2, 0) is 6.54 Å². The normalized spacial score (nSPS) is 11.2. The van der Waals surface area contributed by atoms with Gasteiger partial charge in [-0.05, 0) is 91.6 Å². The Morgan fingerprint density at radius 1 is 0.971 bits per heavy atom. The number of benzene rings is 2. The van der Waals surface area contributed by atoms with Crippen LogP contribution in [0, 0.1) is 6.92 Å². The van der Waals surface area contributed by atoms with E-state index in [9.17, 15) is 4.79 Å². The molecule has 1 amide bonds. The van der Waals surface area contributed by atoms with Gasteiger partial charge in [-0.1, -0.05) is 44.2 Å². The molecular weight excluding hydrogens is 420 g/mol. The van der Waals surface area contributed by atoms with E-state index in [1.165, 1.54) is 5.56 Å². The Balaban J connectivity index is 1.52. The molecule has 0 bridgehead atoms. The first-order valence-electron chi connectivity index (χ1n) is 12.1. The molecule has 0 radical (unpaired) electrons. The Hall–Kier alpha value is -3.44. The second kappa shape index (κ2) is 13.3. The molecule has 2 N–H and O–H groups in total. The summed E-state index contributed by atoms with van der Waals surface area (Å²) in [6, 6.07) is 18.3. The average Bonchev–Trinajstić information content (AvgIpc) is 2.87. The van der Waals surface area contributed by atoms with Crippen molar-refractivity contribution in [3.05, 3.63) is 94.8 Å². The average molecular weight is 457 g/mol. The fraction of sp³-hybridized carbons (Fsp3) is 0.310. The highest BCUT2D eigenvalue weighted by molar-refractivity contribution is 5.94. The van der Waals surface area contributed by atoms with Crippen LogP contribution >= 0.6 is 0 Å². The zero-order valence-corrected chi connectivity index (χ0v) is 20.6. The zero-order chi connectivity index (χ0) is 24.2. The lowest BCUT2D eigenvalue weighted by Gasteiger charge is -2.17. The van der Waals surface area contributed by atoms with Gasteiger partial charge < -0.3 is 15.5 Å². The second-order valence-electron chi connectivity index (χ2n) is 8.38. The number of amides is 1. The molecule has 3 aromatic rings. The molecule has 178 valence electrons. The van der Waals surface area contributed by atoms with Gasteiger partial charge in [0.25, 0.3) is 5.91 Å². The van der Waals surface area contributed by atoms with E-state index in [1.807, 2.05) is 37.3 Å². The smallest absolute Gasteiger partial charge is 0.251 e. The molecule has 0 saturated heterocycles. The van der Waals surface area contributed by atoms with Gasteiger partial charge in [0.15, 0.2) is 0 Å². The largest absolute Gasteiger partial charge is 0.381 e. The highest BCUT2D eigenvalue weighted by Crippen LogP contribution is 2.18. The van der Waals surface area contributed by atoms with Crippen molar-refractivity contribution in [3.63, 3.8) is 0 Å². The van der Waals surface area contributed by atoms with Crippen molar-refractivity contribution in [2.75, 3.05) is 31.5 Å². The molecular formula is C29H36N4O. The molecule has 0 spiro atoms. The number of aromatic nitrogens is 1. The van der Waals surface area contributed by atoms with Gasteiger partial charge in [-0.25, -0.2) is 0 Å². The summed E-state index contributed by atoms with van der Waals surface area (Å²) in [5.41, 5.74) is 6.28. The van der Waals surface area contributed by atoms with Crippen LogP contribution < -0.4 is 10.6 Å². The maximum absolute atomic E-state index is 12.5. The molecule has 0 aliphatic carbocycles. The number of nitrogens with zero attached hydrogens (tertiary/aromatic N) is 2. The van der Waals surface area contributed by atoms with Crippen molar-refractivity contribution < 1.29 is 4.79 Å². The van der Waals surface area contributed by atoms with Crippen LogP contribution in [0.25, 0.3) is 12.2 Å². The first-order valence-corrected chi connectivity index (χ1v) is 12.1. The third-order valence-corrected chi connectivity index (χ3v) is 5.93. The van der Waals surface area contributed by atoms with Crippen LogP contribution in [-0.4, -0.2) is 42.0 Å². The van der Waals surface area contributed by atoms with Crippen LogP contribution in [0.2, 0.25) is 0 Å². The van der Waals surface area contributed by atoms with Gasteiger partial charge >= 0.3 is 0 Å². The topological polar surface area (TPSA) is 57.3 Å². The standard InChI is InChI=1S/C29H36N4O/c1-4-33(5-2)19-7-16-31-29(34)27-12-13-28(23(3)20-27)32-22-26-9-6-8-25(21-26)11-10-24-14-17-30-18-15-24/h6,8-15,17-18,20-21,32H,4-5,7,16,19,22H2,1-3H3,(H,31,34). The lowest BCUT2D eigenvalue weighted by molar-refractivity contribution is 0.0951. The lowest BCUT2D eigenvalue weighted by Crippen LogP contribution is -2.29. The molecule has 5 heteroatoms. The molecule has 0 saturated carbocycles. The first kappa shape index (κ1) is 25.2. The summed E-state index contributed by atoms with van der Waals surface area (Å²) in [6.45, 7) is 10.9. The fourth-order valence-corrected chi connectivity index (χ4v) is 3.82. The number of anilines is 1. The predicted octanol–water partition coefficient (Wildman–Crippen LogP) is 5.63. The van der Waals surface area contributed by atoms with Crippen molar-refractivity contribution in [3.8, 4) is 0 Å². The lowest BCUT2D eigenvalue weighted by atomic mass is 10.1. The van der Waals surface area contributed by atoms with Crippen LogP contribution in [0.15, 0.2) is 67.0 Å². The van der Waals surface area contributed by atoms with Gasteiger partial charge in [0.1, 0.15) is 0 Å². The second-order valence-corrected chi connectivity index (χ2v) is 8.38. The summed E-state index contributed by atoms with van der Waals surface area (Å²) in [6.07, 6.45) is 8.75. The summed E-state index contributed by atoms with van der Waals surface area (Å²) in [7, 11) is 0. The minimum Gasteiger partial charge on any atom is -0.381 e. The van der Waals surface area contributed by atoms with Gasteiger partial charge in [0.2, 0.25) is 0 Å². The number of carbonyl (C=O) groups is 1. The number of aryl methyl sites for hydroxylation is 1. The minimum atomic E-state index is -0.0112. The summed E-state index contributed by atoms with van der Waals surface area (Å²) >= 11 is 0. The Kier molecular flexibility index (Phi) is 9.86. The first-order chi connectivity index (χ1) is 16.6. The van der Waals surface area contributed by atoms with E-state index in [2.05, 4.69) is 70.8 Å². The quantitative estimate of drug-likeness (QED) is 0.347. The minimum absolute atomic E-state index is 0.0112. The van der Waals surface area contributed by atoms with Crippen LogP contribution in [0.5, 0.6) is 0 Å². The van der Waals surface area contributed by atoms with E-state index in [0.717, 1.165) is 48.4 Å². The summed E-state index contributed by atoms with van der Waals surface area (Å²) in [5, 5.41) is 6.55. The van der Waals surface area contributed by atoms with E-state index >= 15 is 0 Å². The maximum atomic E-state index is 12.5. The molecule has 2 aromatic carbocycles. The Labute approximate surface area is 203 Å². The Morgan fingerprint density at radius 2 is 1.74 bits per heavy atom. The van der Waals surface area contributed by atoms with E-state index in [-0.39, 0.29) is 5.91 Å². The molecule has 3 rings (SSSR count). The Morgan fingerprint density at radius 3 is 2.47 bits per heavy atom. The highest BCUT2D eigenvalue weighted by Gasteiger charge is 2.08. The van der Waals surface area contributed by atoms with Crippen LogP contribution in [0.3, 0.4) is 0 Å². The van der Waals surface area contributed by atoms with Crippen molar-refractivity contribution in [1.82, 2.24) is 15.2 Å². The summed E-state index contributed by atoms with van der Waals surface area (Å²) < 4.78 is 0. The third kappa shape index (κ3) is 7.85. The number of carbonyl (C=O) groups excluding carboxylic acids is 1. The number of hydrogen-bond acceptors (Lipinski definition) is 4. The SMILES string of the molecule is CCN(CC)CCCNC(=O)c1ccc(NCc2cccc(C=Cc3ccncc3)c2)c(C)c1. The van der Waals surface area contributed by atoms with Crippen molar-refractivity contribution in [2.45, 2.75) is 33.7 Å². The molecule has 5 nitrogen and oxygen atoms in total. The summed E-state index contributed by atoms with van der Waals surface area (Å²) in [4.78, 5) is 18.9. The summed E-state index contributed by atoms with van der Waals surface area (Å²) in [5.74, 6) is -0.0112. The molecule has 0 fully saturated rings. The number of hydrogen-bond donors (Lipinski definition) is 2. The van der Waals surface area contributed by atoms with Gasteiger partial charge in [0, 0.05) is 36.7 Å². The molecule has 1 aromatic heterocycles. The third-order valence-electron chi connectivity index (χ3n) is 5.93. The van der Waals surface area contributed by atoms with Crippen LogP contribution in [0.1, 0.15) is 52.9 Å². The predicted molar refractivity (Wildman–Crippen MR) is 143 cm³/mol. The maximum Gasteiger partial charge on any atom is 0.251 e. The van der Waals surface area contributed by atoms with Crippen molar-refractivity contribution >= 4 is 23.7 Å². The zero-order valence-electron chi connectivity index (χ0n) is 20.6. The molecule has 0 aliphatic heterocycles. The molecule has 34 heavy (non-hydrogen) atoms. The molecule has 0 aliphatic rings. The monoisotopic (exact) mass is 456 g/mol. The van der Waals surface area contributed by atoms with Crippen LogP contribution in [0.4, 0.5) is 5.69 Å². The van der Waals surface area contributed by atoms with Gasteiger partial charge in [0.05, 0.1) is 0 Å². The van der Waals surface area contributed by atoms with E-state index in [0.29, 0.717) is 18.7 Å². The Bertz CT molecular complexity index is 1070. The van der Waals surface area contributed by atoms with Gasteiger partial charge in [-0.2, -0.15) is 0 Å². The number of rotatable bonds is 12. The number of pyridine rings is 1. The van der Waals surface area contributed by atoms with E-state index in [4.69, 9.17) is 0 Å². The molecule has 0 atom stereocenters. The van der Waals surface area contributed by atoms with E-state index < -0.39 is 0 Å². The number of nitrogens with one attached hydrogen (secondary N) is 2.